The fourth-order valence-corrected chi connectivity index (χ4v) is 5.31. The van der Waals surface area contributed by atoms with Crippen molar-refractivity contribution in [3.63, 3.8) is 0 Å². The third-order valence-corrected chi connectivity index (χ3v) is 7.63. The number of phenols is 1. The first-order valence-corrected chi connectivity index (χ1v) is 13.3. The number of hydrogen-bond acceptors (Lipinski definition) is 7. The summed E-state index contributed by atoms with van der Waals surface area (Å²) in [4.78, 5) is 13.3. The summed E-state index contributed by atoms with van der Waals surface area (Å²) in [6.07, 6.45) is 1.27. The lowest BCUT2D eigenvalue weighted by Gasteiger charge is -2.26. The summed E-state index contributed by atoms with van der Waals surface area (Å²) in [6.45, 7) is -0.0134. The minimum atomic E-state index is -4.10. The van der Waals surface area contributed by atoms with Crippen LogP contribution in [0.1, 0.15) is 21.5 Å². The normalized spacial score (nSPS) is 11.2. The van der Waals surface area contributed by atoms with Crippen LogP contribution in [0, 0.1) is 0 Å². The van der Waals surface area contributed by atoms with Crippen LogP contribution in [-0.2, 0) is 16.6 Å². The van der Waals surface area contributed by atoms with Gasteiger partial charge in [0.25, 0.3) is 15.9 Å². The van der Waals surface area contributed by atoms with Crippen LogP contribution in [-0.4, -0.2) is 39.9 Å². The maximum atomic E-state index is 13.9. The molecule has 0 aliphatic rings. The standard InChI is InChI=1S/C29H27N3O6S/c1-37-23-15-17-24(18-16-23)39(35,36)32(20-21-9-4-3-5-10-21)26-13-7-6-12-25(26)29(34)31-30-19-22-11-8-14-27(38-2)28(22)33/h3-19,33H,20H2,1-2H3,(H,31,34)/b30-19+. The minimum absolute atomic E-state index is 0.0134. The van der Waals surface area contributed by atoms with Gasteiger partial charge in [-0.3, -0.25) is 9.10 Å². The lowest BCUT2D eigenvalue weighted by molar-refractivity contribution is 0.0955. The highest BCUT2D eigenvalue weighted by Gasteiger charge is 2.28. The van der Waals surface area contributed by atoms with Crippen molar-refractivity contribution in [1.82, 2.24) is 5.43 Å². The molecule has 1 amide bonds. The molecule has 10 heteroatoms. The number of rotatable bonds is 10. The summed E-state index contributed by atoms with van der Waals surface area (Å²) in [6, 6.07) is 26.4. The Bertz CT molecular complexity index is 1570. The molecule has 4 aromatic rings. The van der Waals surface area contributed by atoms with Crippen molar-refractivity contribution < 1.29 is 27.8 Å². The van der Waals surface area contributed by atoms with Crippen molar-refractivity contribution >= 4 is 27.8 Å². The third kappa shape index (κ3) is 6.19. The first kappa shape index (κ1) is 27.2. The molecule has 0 bridgehead atoms. The Morgan fingerprint density at radius 2 is 1.59 bits per heavy atom. The molecule has 9 nitrogen and oxygen atoms in total. The van der Waals surface area contributed by atoms with Gasteiger partial charge in [0.05, 0.1) is 43.1 Å². The van der Waals surface area contributed by atoms with E-state index in [1.54, 1.807) is 48.5 Å². The van der Waals surface area contributed by atoms with Crippen LogP contribution in [0.4, 0.5) is 5.69 Å². The predicted octanol–water partition coefficient (Wildman–Crippen LogP) is 4.57. The van der Waals surface area contributed by atoms with Gasteiger partial charge in [-0.2, -0.15) is 5.10 Å². The van der Waals surface area contributed by atoms with Gasteiger partial charge in [-0.05, 0) is 54.1 Å². The van der Waals surface area contributed by atoms with Crippen molar-refractivity contribution in [2.75, 3.05) is 18.5 Å². The number of methoxy groups -OCH3 is 2. The zero-order valence-electron chi connectivity index (χ0n) is 21.3. The molecule has 0 heterocycles. The van der Waals surface area contributed by atoms with Gasteiger partial charge in [0.1, 0.15) is 5.75 Å². The molecule has 4 rings (SSSR count). The van der Waals surface area contributed by atoms with Gasteiger partial charge in [-0.15, -0.1) is 0 Å². The number of aromatic hydroxyl groups is 1. The Kier molecular flexibility index (Phi) is 8.47. The molecule has 0 saturated heterocycles. The van der Waals surface area contributed by atoms with E-state index in [4.69, 9.17) is 9.47 Å². The summed E-state index contributed by atoms with van der Waals surface area (Å²) in [5.74, 6) is 0.0180. The Labute approximate surface area is 227 Å². The fourth-order valence-electron chi connectivity index (χ4n) is 3.84. The molecule has 2 N–H and O–H groups in total. The van der Waals surface area contributed by atoms with Gasteiger partial charge in [0, 0.05) is 5.56 Å². The number of benzene rings is 4. The monoisotopic (exact) mass is 545 g/mol. The first-order valence-electron chi connectivity index (χ1n) is 11.8. The smallest absolute Gasteiger partial charge is 0.273 e. The largest absolute Gasteiger partial charge is 0.504 e. The van der Waals surface area contributed by atoms with Crippen LogP contribution in [0.3, 0.4) is 0 Å². The number of nitrogens with one attached hydrogen (secondary N) is 1. The maximum absolute atomic E-state index is 13.9. The highest BCUT2D eigenvalue weighted by atomic mass is 32.2. The van der Waals surface area contributed by atoms with Crippen molar-refractivity contribution in [2.24, 2.45) is 5.10 Å². The second kappa shape index (κ2) is 12.1. The van der Waals surface area contributed by atoms with E-state index in [1.807, 2.05) is 30.3 Å². The highest BCUT2D eigenvalue weighted by Crippen LogP contribution is 2.30. The quantitative estimate of drug-likeness (QED) is 0.223. The fraction of sp³-hybridized carbons (Fsp3) is 0.103. The van der Waals surface area contributed by atoms with Gasteiger partial charge in [-0.25, -0.2) is 13.8 Å². The van der Waals surface area contributed by atoms with Crippen molar-refractivity contribution in [3.8, 4) is 17.2 Å². The number of phenolic OH excluding ortho intramolecular Hbond substituents is 1. The molecule has 0 aliphatic heterocycles. The Morgan fingerprint density at radius 3 is 2.28 bits per heavy atom. The van der Waals surface area contributed by atoms with Gasteiger partial charge >= 0.3 is 0 Å². The number of ether oxygens (including phenoxy) is 2. The number of para-hydroxylation sites is 2. The number of hydrazone groups is 1. The lowest BCUT2D eigenvalue weighted by atomic mass is 10.1. The number of nitrogens with zero attached hydrogens (tertiary/aromatic N) is 2. The third-order valence-electron chi connectivity index (χ3n) is 5.85. The van der Waals surface area contributed by atoms with Gasteiger partial charge < -0.3 is 14.6 Å². The van der Waals surface area contributed by atoms with Crippen LogP contribution < -0.4 is 19.2 Å². The molecule has 0 atom stereocenters. The van der Waals surface area contributed by atoms with Crippen LogP contribution in [0.25, 0.3) is 0 Å². The van der Waals surface area contributed by atoms with Crippen molar-refractivity contribution in [3.05, 3.63) is 114 Å². The molecule has 0 aromatic heterocycles. The van der Waals surface area contributed by atoms with Crippen LogP contribution in [0.2, 0.25) is 0 Å². The number of anilines is 1. The molecule has 0 saturated carbocycles. The average Bonchev–Trinajstić information content (AvgIpc) is 2.97. The van der Waals surface area contributed by atoms with E-state index in [0.717, 1.165) is 5.56 Å². The molecule has 0 spiro atoms. The molecule has 39 heavy (non-hydrogen) atoms. The molecule has 0 radical (unpaired) electrons. The molecule has 0 unspecified atom stereocenters. The highest BCUT2D eigenvalue weighted by molar-refractivity contribution is 7.92. The Hall–Kier alpha value is -4.83. The van der Waals surface area contributed by atoms with E-state index in [2.05, 4.69) is 10.5 Å². The number of carbonyl (C=O) groups is 1. The number of amides is 1. The van der Waals surface area contributed by atoms with E-state index < -0.39 is 15.9 Å². The summed E-state index contributed by atoms with van der Waals surface area (Å²) >= 11 is 0. The van der Waals surface area contributed by atoms with Gasteiger partial charge in [0.2, 0.25) is 0 Å². The molecule has 0 aliphatic carbocycles. The Morgan fingerprint density at radius 1 is 0.897 bits per heavy atom. The maximum Gasteiger partial charge on any atom is 0.273 e. The lowest BCUT2D eigenvalue weighted by Crippen LogP contribution is -2.33. The molecular formula is C29H27N3O6S. The minimum Gasteiger partial charge on any atom is -0.504 e. The summed E-state index contributed by atoms with van der Waals surface area (Å²) < 4.78 is 39.2. The molecule has 200 valence electrons. The van der Waals surface area contributed by atoms with Crippen LogP contribution in [0.15, 0.2) is 107 Å². The number of carbonyl (C=O) groups excluding carboxylic acids is 1. The van der Waals surface area contributed by atoms with Crippen LogP contribution in [0.5, 0.6) is 17.2 Å². The predicted molar refractivity (Wildman–Crippen MR) is 149 cm³/mol. The summed E-state index contributed by atoms with van der Waals surface area (Å²) in [5.41, 5.74) is 3.75. The van der Waals surface area contributed by atoms with E-state index in [-0.39, 0.29) is 34.2 Å². The van der Waals surface area contributed by atoms with E-state index >= 15 is 0 Å². The first-order chi connectivity index (χ1) is 18.8. The van der Waals surface area contributed by atoms with E-state index in [1.165, 1.54) is 42.9 Å². The molecular weight excluding hydrogens is 518 g/mol. The summed E-state index contributed by atoms with van der Waals surface area (Å²) in [7, 11) is -1.17. The van der Waals surface area contributed by atoms with Gasteiger partial charge in [0.15, 0.2) is 11.5 Å². The van der Waals surface area contributed by atoms with E-state index in [0.29, 0.717) is 11.3 Å². The molecule has 0 fully saturated rings. The van der Waals surface area contributed by atoms with Crippen molar-refractivity contribution in [1.29, 1.82) is 0 Å². The zero-order chi connectivity index (χ0) is 27.8. The number of hydrogen-bond donors (Lipinski definition) is 2. The van der Waals surface area contributed by atoms with Gasteiger partial charge in [-0.1, -0.05) is 48.5 Å². The SMILES string of the molecule is COc1ccc(S(=O)(=O)N(Cc2ccccc2)c2ccccc2C(=O)N/N=C/c2cccc(OC)c2O)cc1. The average molecular weight is 546 g/mol. The number of sulfonamides is 1. The second-order valence-electron chi connectivity index (χ2n) is 8.29. The van der Waals surface area contributed by atoms with Crippen LogP contribution >= 0.6 is 0 Å². The Balaban J connectivity index is 1.70. The second-order valence-corrected chi connectivity index (χ2v) is 10.1. The van der Waals surface area contributed by atoms with Crippen molar-refractivity contribution in [2.45, 2.75) is 11.4 Å². The summed E-state index contributed by atoms with van der Waals surface area (Å²) in [5, 5.41) is 14.2. The topological polar surface area (TPSA) is 118 Å². The zero-order valence-corrected chi connectivity index (χ0v) is 22.1. The molecule has 4 aromatic carbocycles. The van der Waals surface area contributed by atoms with E-state index in [9.17, 15) is 18.3 Å².